The lowest BCUT2D eigenvalue weighted by Gasteiger charge is -2.27. The monoisotopic (exact) mass is 459 g/mol. The van der Waals surface area contributed by atoms with Crippen molar-refractivity contribution in [2.45, 2.75) is 19.5 Å². The standard InChI is InChI=1S/C26H22ClN3O3/c1-15-11-21(31)19(13-20(15)27)23-22-24(29-28-23)26(32)30(14-16-7-4-3-5-8-16)25(22)17-9-6-10-18(12-17)33-2/h3-13,25,31H,14H2,1-2H3,(H,28,29). The van der Waals surface area contributed by atoms with Gasteiger partial charge in [0.25, 0.3) is 5.91 Å². The number of aryl methyl sites for hydroxylation is 1. The third-order valence-corrected chi connectivity index (χ3v) is 6.41. The van der Waals surface area contributed by atoms with Gasteiger partial charge in [-0.1, -0.05) is 54.1 Å². The van der Waals surface area contributed by atoms with Gasteiger partial charge in [-0.15, -0.1) is 0 Å². The van der Waals surface area contributed by atoms with E-state index in [-0.39, 0.29) is 11.7 Å². The zero-order chi connectivity index (χ0) is 23.1. The summed E-state index contributed by atoms with van der Waals surface area (Å²) in [5.74, 6) is 0.599. The Bertz CT molecular complexity index is 1350. The molecule has 2 N–H and O–H groups in total. The minimum Gasteiger partial charge on any atom is -0.507 e. The van der Waals surface area contributed by atoms with Crippen molar-refractivity contribution in [3.8, 4) is 22.8 Å². The molecular weight excluding hydrogens is 438 g/mol. The molecule has 0 fully saturated rings. The van der Waals surface area contributed by atoms with E-state index in [1.807, 2.05) is 66.4 Å². The van der Waals surface area contributed by atoms with Gasteiger partial charge in [-0.05, 0) is 47.9 Å². The van der Waals surface area contributed by atoms with Gasteiger partial charge < -0.3 is 14.7 Å². The lowest BCUT2D eigenvalue weighted by molar-refractivity contribution is 0.0730. The number of rotatable bonds is 5. The fraction of sp³-hybridized carbons (Fsp3) is 0.154. The number of halogens is 1. The number of hydrogen-bond acceptors (Lipinski definition) is 4. The molecule has 4 aromatic rings. The van der Waals surface area contributed by atoms with Gasteiger partial charge in [0, 0.05) is 22.7 Å². The Balaban J connectivity index is 1.69. The minimum absolute atomic E-state index is 0.0598. The normalized spacial score (nSPS) is 15.1. The first-order valence-corrected chi connectivity index (χ1v) is 10.9. The lowest BCUT2D eigenvalue weighted by Crippen LogP contribution is -2.29. The largest absolute Gasteiger partial charge is 0.507 e. The molecule has 2 heterocycles. The number of carbonyl (C=O) groups excluding carboxylic acids is 1. The van der Waals surface area contributed by atoms with Crippen LogP contribution in [-0.2, 0) is 6.54 Å². The van der Waals surface area contributed by atoms with Crippen LogP contribution in [0.2, 0.25) is 5.02 Å². The molecular formula is C26H22ClN3O3. The van der Waals surface area contributed by atoms with Gasteiger partial charge >= 0.3 is 0 Å². The predicted molar refractivity (Wildman–Crippen MR) is 127 cm³/mol. The number of carbonyl (C=O) groups is 1. The summed E-state index contributed by atoms with van der Waals surface area (Å²) in [5, 5.41) is 18.6. The molecule has 0 saturated carbocycles. The molecule has 0 saturated heterocycles. The van der Waals surface area contributed by atoms with Gasteiger partial charge in [-0.3, -0.25) is 9.89 Å². The van der Waals surface area contributed by atoms with Crippen LogP contribution in [0.1, 0.15) is 38.8 Å². The Labute approximate surface area is 196 Å². The Morgan fingerprint density at radius 3 is 2.67 bits per heavy atom. The van der Waals surface area contributed by atoms with Crippen molar-refractivity contribution in [2.75, 3.05) is 7.11 Å². The van der Waals surface area contributed by atoms with Crippen molar-refractivity contribution in [3.63, 3.8) is 0 Å². The van der Waals surface area contributed by atoms with Crippen molar-refractivity contribution in [1.29, 1.82) is 0 Å². The summed E-state index contributed by atoms with van der Waals surface area (Å²) in [5.41, 5.74) is 4.75. The number of methoxy groups -OCH3 is 1. The van der Waals surface area contributed by atoms with E-state index in [0.717, 1.165) is 16.7 Å². The zero-order valence-electron chi connectivity index (χ0n) is 18.2. The average molecular weight is 460 g/mol. The summed E-state index contributed by atoms with van der Waals surface area (Å²) < 4.78 is 5.44. The van der Waals surface area contributed by atoms with Crippen molar-refractivity contribution >= 4 is 17.5 Å². The highest BCUT2D eigenvalue weighted by Crippen LogP contribution is 2.46. The molecule has 0 bridgehead atoms. The molecule has 3 aromatic carbocycles. The van der Waals surface area contributed by atoms with Gasteiger partial charge in [0.05, 0.1) is 13.2 Å². The van der Waals surface area contributed by atoms with Crippen molar-refractivity contribution in [2.24, 2.45) is 0 Å². The van der Waals surface area contributed by atoms with Crippen LogP contribution >= 0.6 is 11.6 Å². The van der Waals surface area contributed by atoms with E-state index in [9.17, 15) is 9.90 Å². The molecule has 166 valence electrons. The second kappa shape index (κ2) is 8.30. The average Bonchev–Trinajstić information content (AvgIpc) is 3.36. The summed E-state index contributed by atoms with van der Waals surface area (Å²) in [4.78, 5) is 15.3. The summed E-state index contributed by atoms with van der Waals surface area (Å²) in [6, 6.07) is 20.4. The SMILES string of the molecule is COc1cccc(C2c3c(-c4cc(Cl)c(C)cc4O)n[nH]c3C(=O)N2Cc2ccccc2)c1. The predicted octanol–water partition coefficient (Wildman–Crippen LogP) is 5.50. The van der Waals surface area contributed by atoms with Gasteiger partial charge in [-0.2, -0.15) is 5.10 Å². The molecule has 0 aliphatic carbocycles. The Morgan fingerprint density at radius 2 is 1.91 bits per heavy atom. The summed E-state index contributed by atoms with van der Waals surface area (Å²) in [6.45, 7) is 2.25. The smallest absolute Gasteiger partial charge is 0.273 e. The van der Waals surface area contributed by atoms with Gasteiger partial charge in [0.15, 0.2) is 0 Å². The van der Waals surface area contributed by atoms with E-state index in [4.69, 9.17) is 16.3 Å². The Kier molecular flexibility index (Phi) is 5.30. The van der Waals surface area contributed by atoms with Crippen molar-refractivity contribution < 1.29 is 14.6 Å². The van der Waals surface area contributed by atoms with Gasteiger partial charge in [-0.25, -0.2) is 0 Å². The van der Waals surface area contributed by atoms with Crippen LogP contribution in [0.15, 0.2) is 66.7 Å². The van der Waals surface area contributed by atoms with Gasteiger partial charge in [0.1, 0.15) is 22.9 Å². The maximum absolute atomic E-state index is 13.5. The summed E-state index contributed by atoms with van der Waals surface area (Å²) in [6.07, 6.45) is 0. The summed E-state index contributed by atoms with van der Waals surface area (Å²) in [7, 11) is 1.61. The number of hydrogen-bond donors (Lipinski definition) is 2. The third-order valence-electron chi connectivity index (χ3n) is 6.00. The van der Waals surface area contributed by atoms with Crippen LogP contribution in [0.25, 0.3) is 11.3 Å². The molecule has 0 spiro atoms. The second-order valence-corrected chi connectivity index (χ2v) is 8.48. The first kappa shape index (κ1) is 21.1. The highest BCUT2D eigenvalue weighted by Gasteiger charge is 2.42. The topological polar surface area (TPSA) is 78.5 Å². The first-order valence-electron chi connectivity index (χ1n) is 10.5. The number of aromatic amines is 1. The number of benzene rings is 3. The minimum atomic E-state index is -0.420. The zero-order valence-corrected chi connectivity index (χ0v) is 18.9. The van der Waals surface area contributed by atoms with Gasteiger partial charge in [0.2, 0.25) is 0 Å². The number of fused-ring (bicyclic) bond motifs is 1. The van der Waals surface area contributed by atoms with Crippen LogP contribution in [0, 0.1) is 6.92 Å². The number of aromatic hydroxyl groups is 1. The number of ether oxygens (including phenoxy) is 1. The van der Waals surface area contributed by atoms with Crippen molar-refractivity contribution in [1.82, 2.24) is 15.1 Å². The van der Waals surface area contributed by atoms with E-state index in [2.05, 4.69) is 10.2 Å². The number of phenols is 1. The molecule has 0 radical (unpaired) electrons. The number of amides is 1. The number of H-pyrrole nitrogens is 1. The first-order chi connectivity index (χ1) is 16.0. The fourth-order valence-electron chi connectivity index (χ4n) is 4.36. The third kappa shape index (κ3) is 3.62. The number of nitrogens with zero attached hydrogens (tertiary/aromatic N) is 2. The number of aromatic nitrogens is 2. The molecule has 7 heteroatoms. The van der Waals surface area contributed by atoms with E-state index in [0.29, 0.717) is 39.8 Å². The highest BCUT2D eigenvalue weighted by atomic mass is 35.5. The quantitative estimate of drug-likeness (QED) is 0.413. The molecule has 1 amide bonds. The second-order valence-electron chi connectivity index (χ2n) is 8.08. The van der Waals surface area contributed by atoms with E-state index in [1.165, 1.54) is 0 Å². The molecule has 1 aliphatic rings. The van der Waals surface area contributed by atoms with Crippen LogP contribution < -0.4 is 4.74 Å². The van der Waals surface area contributed by atoms with E-state index >= 15 is 0 Å². The molecule has 33 heavy (non-hydrogen) atoms. The summed E-state index contributed by atoms with van der Waals surface area (Å²) >= 11 is 6.37. The van der Waals surface area contributed by atoms with E-state index in [1.54, 1.807) is 19.2 Å². The highest BCUT2D eigenvalue weighted by molar-refractivity contribution is 6.31. The van der Waals surface area contributed by atoms with Crippen molar-refractivity contribution in [3.05, 3.63) is 99.7 Å². The lowest BCUT2D eigenvalue weighted by atomic mass is 9.95. The molecule has 6 nitrogen and oxygen atoms in total. The van der Waals surface area contributed by atoms with E-state index < -0.39 is 6.04 Å². The maximum atomic E-state index is 13.5. The molecule has 1 aromatic heterocycles. The number of phenolic OH excluding ortho intramolecular Hbond substituents is 1. The van der Waals surface area contributed by atoms with Crippen LogP contribution in [0.4, 0.5) is 0 Å². The number of nitrogens with one attached hydrogen (secondary N) is 1. The van der Waals surface area contributed by atoms with Crippen LogP contribution in [-0.4, -0.2) is 33.2 Å². The fourth-order valence-corrected chi connectivity index (χ4v) is 4.52. The Morgan fingerprint density at radius 1 is 1.12 bits per heavy atom. The molecule has 1 aliphatic heterocycles. The van der Waals surface area contributed by atoms with Crippen LogP contribution in [0.5, 0.6) is 11.5 Å². The maximum Gasteiger partial charge on any atom is 0.273 e. The van der Waals surface area contributed by atoms with Crippen LogP contribution in [0.3, 0.4) is 0 Å². The molecule has 1 unspecified atom stereocenters. The molecule has 1 atom stereocenters. The Hall–Kier alpha value is -3.77. The molecule has 5 rings (SSSR count).